The second kappa shape index (κ2) is 4.81. The van der Waals surface area contributed by atoms with Gasteiger partial charge in [-0.1, -0.05) is 30.6 Å². The van der Waals surface area contributed by atoms with Crippen LogP contribution in [0.25, 0.3) is 11.5 Å². The van der Waals surface area contributed by atoms with E-state index in [1.54, 1.807) is 12.1 Å². The van der Waals surface area contributed by atoms with Crippen LogP contribution in [0.1, 0.15) is 25.8 Å². The number of pyridine rings is 1. The van der Waals surface area contributed by atoms with Crippen LogP contribution in [0.4, 0.5) is 0 Å². The molecule has 0 saturated heterocycles. The second-order valence-corrected chi connectivity index (χ2v) is 4.52. The fraction of sp³-hybridized carbons (Fsp3) is 0.364. The van der Waals surface area contributed by atoms with Gasteiger partial charge in [0.25, 0.3) is 0 Å². The lowest BCUT2D eigenvalue weighted by atomic mass is 10.1. The fourth-order valence-electron chi connectivity index (χ4n) is 1.27. The van der Waals surface area contributed by atoms with E-state index in [-0.39, 0.29) is 12.0 Å². The molecule has 0 aliphatic rings. The largest absolute Gasteiger partial charge is 0.337 e. The maximum atomic E-state index is 5.92. The monoisotopic (exact) mass is 252 g/mol. The van der Waals surface area contributed by atoms with E-state index in [9.17, 15) is 0 Å². The summed E-state index contributed by atoms with van der Waals surface area (Å²) in [7, 11) is 0. The molecule has 0 spiro atoms. The molecule has 0 amide bonds. The van der Waals surface area contributed by atoms with Crippen LogP contribution in [0.3, 0.4) is 0 Å². The lowest BCUT2D eigenvalue weighted by molar-refractivity contribution is 0.325. The Bertz CT molecular complexity index is 494. The van der Waals surface area contributed by atoms with Crippen molar-refractivity contribution in [1.82, 2.24) is 15.1 Å². The number of aromatic nitrogens is 3. The summed E-state index contributed by atoms with van der Waals surface area (Å²) in [6, 6.07) is 3.20. The third kappa shape index (κ3) is 2.62. The predicted molar refractivity (Wildman–Crippen MR) is 64.3 cm³/mol. The van der Waals surface area contributed by atoms with Crippen LogP contribution in [-0.2, 0) is 0 Å². The molecule has 17 heavy (non-hydrogen) atoms. The van der Waals surface area contributed by atoms with Crippen molar-refractivity contribution in [3.63, 3.8) is 0 Å². The molecular formula is C11H13ClN4O. The number of hydrogen-bond acceptors (Lipinski definition) is 5. The highest BCUT2D eigenvalue weighted by Crippen LogP contribution is 2.20. The highest BCUT2D eigenvalue weighted by molar-refractivity contribution is 6.30. The van der Waals surface area contributed by atoms with Gasteiger partial charge in [0.05, 0.1) is 11.1 Å². The molecule has 0 aromatic carbocycles. The number of nitrogens with zero attached hydrogens (tertiary/aromatic N) is 3. The Morgan fingerprint density at radius 1 is 1.35 bits per heavy atom. The van der Waals surface area contributed by atoms with Gasteiger partial charge in [-0.2, -0.15) is 4.98 Å². The van der Waals surface area contributed by atoms with E-state index < -0.39 is 0 Å². The Labute approximate surface area is 104 Å². The highest BCUT2D eigenvalue weighted by Gasteiger charge is 2.18. The first kappa shape index (κ1) is 12.0. The van der Waals surface area contributed by atoms with Gasteiger partial charge in [-0.25, -0.2) is 0 Å². The first-order valence-corrected chi connectivity index (χ1v) is 5.67. The Morgan fingerprint density at radius 2 is 2.12 bits per heavy atom. The third-order valence-electron chi connectivity index (χ3n) is 2.40. The van der Waals surface area contributed by atoms with E-state index in [1.165, 1.54) is 6.20 Å². The zero-order valence-corrected chi connectivity index (χ0v) is 10.3. The van der Waals surface area contributed by atoms with Crippen LogP contribution in [0.2, 0.25) is 5.02 Å². The Kier molecular flexibility index (Phi) is 3.40. The minimum atomic E-state index is -0.261. The number of halogens is 1. The average Bonchev–Trinajstić information content (AvgIpc) is 2.78. The summed E-state index contributed by atoms with van der Waals surface area (Å²) in [5.74, 6) is 1.08. The molecule has 0 aliphatic heterocycles. The maximum Gasteiger partial charge on any atom is 0.244 e. The van der Waals surface area contributed by atoms with Gasteiger partial charge in [0.2, 0.25) is 11.7 Å². The summed E-state index contributed by atoms with van der Waals surface area (Å²) in [6.07, 6.45) is 1.54. The third-order valence-corrected chi connectivity index (χ3v) is 2.63. The lowest BCUT2D eigenvalue weighted by Gasteiger charge is -2.09. The van der Waals surface area contributed by atoms with Crippen molar-refractivity contribution in [1.29, 1.82) is 0 Å². The fourth-order valence-corrected chi connectivity index (χ4v) is 1.38. The van der Waals surface area contributed by atoms with Gasteiger partial charge in [0, 0.05) is 6.20 Å². The van der Waals surface area contributed by atoms with Crippen molar-refractivity contribution >= 4 is 11.6 Å². The van der Waals surface area contributed by atoms with Crippen LogP contribution in [0.15, 0.2) is 22.9 Å². The first-order chi connectivity index (χ1) is 8.08. The molecular weight excluding hydrogens is 240 g/mol. The molecule has 6 heteroatoms. The summed E-state index contributed by atoms with van der Waals surface area (Å²) >= 11 is 5.75. The molecule has 90 valence electrons. The van der Waals surface area contributed by atoms with Gasteiger partial charge >= 0.3 is 0 Å². The molecule has 1 atom stereocenters. The van der Waals surface area contributed by atoms with Gasteiger partial charge < -0.3 is 10.3 Å². The molecule has 2 N–H and O–H groups in total. The molecule has 2 aromatic heterocycles. The van der Waals surface area contributed by atoms with E-state index in [2.05, 4.69) is 15.1 Å². The van der Waals surface area contributed by atoms with Crippen LogP contribution >= 0.6 is 11.6 Å². The topological polar surface area (TPSA) is 77.8 Å². The van der Waals surface area contributed by atoms with Gasteiger partial charge in [-0.3, -0.25) is 4.98 Å². The predicted octanol–water partition coefficient (Wildman–Crippen LogP) is 2.44. The molecule has 0 radical (unpaired) electrons. The maximum absolute atomic E-state index is 5.92. The molecule has 2 heterocycles. The molecule has 0 saturated carbocycles. The highest BCUT2D eigenvalue weighted by atomic mass is 35.5. The van der Waals surface area contributed by atoms with Gasteiger partial charge in [-0.05, 0) is 18.1 Å². The molecule has 0 fully saturated rings. The zero-order valence-electron chi connectivity index (χ0n) is 9.59. The Morgan fingerprint density at radius 3 is 2.71 bits per heavy atom. The minimum Gasteiger partial charge on any atom is -0.337 e. The van der Waals surface area contributed by atoms with E-state index in [1.807, 2.05) is 13.8 Å². The number of rotatable bonds is 3. The Balaban J connectivity index is 2.26. The quantitative estimate of drug-likeness (QED) is 0.908. The standard InChI is InChI=1S/C11H13ClN4O/c1-6(2)9(13)11-15-10(16-17-11)8-4-3-7(12)5-14-8/h3-6,9H,13H2,1-2H3/t9-/m1/s1. The van der Waals surface area contributed by atoms with E-state index in [0.717, 1.165) is 0 Å². The van der Waals surface area contributed by atoms with Crippen molar-refractivity contribution < 1.29 is 4.52 Å². The zero-order chi connectivity index (χ0) is 12.4. The van der Waals surface area contributed by atoms with Crippen LogP contribution in [0.5, 0.6) is 0 Å². The van der Waals surface area contributed by atoms with E-state index in [4.69, 9.17) is 21.9 Å². The van der Waals surface area contributed by atoms with Crippen molar-refractivity contribution in [2.24, 2.45) is 11.7 Å². The van der Waals surface area contributed by atoms with E-state index in [0.29, 0.717) is 22.4 Å². The first-order valence-electron chi connectivity index (χ1n) is 5.29. The summed E-state index contributed by atoms with van der Waals surface area (Å²) in [6.45, 7) is 3.99. The lowest BCUT2D eigenvalue weighted by Crippen LogP contribution is -2.16. The molecule has 5 nitrogen and oxygen atoms in total. The minimum absolute atomic E-state index is 0.237. The van der Waals surface area contributed by atoms with Crippen LogP contribution in [0, 0.1) is 5.92 Å². The number of hydrogen-bond donors (Lipinski definition) is 1. The molecule has 0 aliphatic carbocycles. The molecule has 0 bridgehead atoms. The van der Waals surface area contributed by atoms with Crippen molar-refractivity contribution in [3.05, 3.63) is 29.2 Å². The number of nitrogens with two attached hydrogens (primary N) is 1. The SMILES string of the molecule is CC(C)[C@@H](N)c1nc(-c2ccc(Cl)cn2)no1. The second-order valence-electron chi connectivity index (χ2n) is 4.09. The normalized spacial score (nSPS) is 13.0. The van der Waals surface area contributed by atoms with Crippen molar-refractivity contribution in [2.45, 2.75) is 19.9 Å². The van der Waals surface area contributed by atoms with Gasteiger partial charge in [0.15, 0.2) is 0 Å². The van der Waals surface area contributed by atoms with E-state index >= 15 is 0 Å². The summed E-state index contributed by atoms with van der Waals surface area (Å²) < 4.78 is 5.11. The van der Waals surface area contributed by atoms with Crippen LogP contribution in [-0.4, -0.2) is 15.1 Å². The summed E-state index contributed by atoms with van der Waals surface area (Å²) in [5, 5.41) is 4.41. The van der Waals surface area contributed by atoms with Gasteiger partial charge in [0.1, 0.15) is 5.69 Å². The van der Waals surface area contributed by atoms with Crippen LogP contribution < -0.4 is 5.73 Å². The smallest absolute Gasteiger partial charge is 0.244 e. The average molecular weight is 253 g/mol. The summed E-state index contributed by atoms with van der Waals surface area (Å²) in [4.78, 5) is 8.33. The molecule has 0 unspecified atom stereocenters. The van der Waals surface area contributed by atoms with Crippen molar-refractivity contribution in [3.8, 4) is 11.5 Å². The summed E-state index contributed by atoms with van der Waals surface area (Å²) in [5.41, 5.74) is 6.53. The van der Waals surface area contributed by atoms with Crippen molar-refractivity contribution in [2.75, 3.05) is 0 Å². The molecule has 2 rings (SSSR count). The molecule has 2 aromatic rings. The van der Waals surface area contributed by atoms with Gasteiger partial charge in [-0.15, -0.1) is 0 Å². The Hall–Kier alpha value is -1.46.